The Hall–Kier alpha value is -2.50. The molecule has 1 aromatic heterocycles. The third-order valence-corrected chi connectivity index (χ3v) is 3.71. The van der Waals surface area contributed by atoms with Gasteiger partial charge in [-0.3, -0.25) is 15.6 Å². The highest BCUT2D eigenvalue weighted by molar-refractivity contribution is 5.83. The smallest absolute Gasteiger partial charge is 0.242 e. The Morgan fingerprint density at radius 2 is 1.95 bits per heavy atom. The van der Waals surface area contributed by atoms with Gasteiger partial charge in [-0.15, -0.1) is 0 Å². The van der Waals surface area contributed by atoms with E-state index in [4.69, 9.17) is 0 Å². The number of benzene rings is 1. The molecule has 2 aromatic rings. The molecular formula is C16H17FN4O. The van der Waals surface area contributed by atoms with Gasteiger partial charge in [-0.2, -0.15) is 0 Å². The Morgan fingerprint density at radius 3 is 2.64 bits per heavy atom. The first-order valence-electron chi connectivity index (χ1n) is 7.16. The second kappa shape index (κ2) is 5.71. The third-order valence-electron chi connectivity index (χ3n) is 3.71. The minimum atomic E-state index is -0.262. The van der Waals surface area contributed by atoms with E-state index in [9.17, 15) is 9.18 Å². The lowest BCUT2D eigenvalue weighted by Crippen LogP contribution is -2.31. The molecule has 0 unspecified atom stereocenters. The lowest BCUT2D eigenvalue weighted by Gasteiger charge is -2.08. The molecule has 5 nitrogen and oxygen atoms in total. The number of anilines is 1. The molecular weight excluding hydrogens is 283 g/mol. The van der Waals surface area contributed by atoms with Crippen LogP contribution in [0.15, 0.2) is 30.3 Å². The first-order chi connectivity index (χ1) is 10.5. The summed E-state index contributed by atoms with van der Waals surface area (Å²) in [5.74, 6) is 0.952. The highest BCUT2D eigenvalue weighted by Crippen LogP contribution is 2.47. The number of amides is 1. The Bertz CT molecular complexity index is 682. The highest BCUT2D eigenvalue weighted by atomic mass is 19.1. The van der Waals surface area contributed by atoms with Crippen molar-refractivity contribution in [3.63, 3.8) is 0 Å². The third kappa shape index (κ3) is 3.21. The second-order valence-electron chi connectivity index (χ2n) is 5.56. The largest absolute Gasteiger partial charge is 0.282 e. The van der Waals surface area contributed by atoms with E-state index in [1.165, 1.54) is 12.1 Å². The fraction of sp³-hybridized carbons (Fsp3) is 0.312. The van der Waals surface area contributed by atoms with E-state index in [1.807, 2.05) is 6.92 Å². The summed E-state index contributed by atoms with van der Waals surface area (Å²) in [5, 5.41) is 0. The fourth-order valence-corrected chi connectivity index (χ4v) is 2.56. The molecule has 1 amide bonds. The van der Waals surface area contributed by atoms with E-state index < -0.39 is 0 Å². The first-order valence-corrected chi connectivity index (χ1v) is 7.16. The summed E-state index contributed by atoms with van der Waals surface area (Å²) < 4.78 is 12.9. The number of halogens is 1. The molecule has 2 atom stereocenters. The minimum Gasteiger partial charge on any atom is -0.282 e. The van der Waals surface area contributed by atoms with Gasteiger partial charge >= 0.3 is 0 Å². The van der Waals surface area contributed by atoms with Gasteiger partial charge in [-0.1, -0.05) is 12.1 Å². The summed E-state index contributed by atoms with van der Waals surface area (Å²) in [6, 6.07) is 8.08. The number of nitrogens with zero attached hydrogens (tertiary/aromatic N) is 2. The van der Waals surface area contributed by atoms with E-state index in [1.54, 1.807) is 25.1 Å². The van der Waals surface area contributed by atoms with Gasteiger partial charge in [0, 0.05) is 17.7 Å². The predicted molar refractivity (Wildman–Crippen MR) is 80.5 cm³/mol. The molecule has 0 radical (unpaired) electrons. The van der Waals surface area contributed by atoms with E-state index in [0.717, 1.165) is 17.7 Å². The van der Waals surface area contributed by atoms with Gasteiger partial charge in [-0.05, 0) is 43.9 Å². The zero-order valence-corrected chi connectivity index (χ0v) is 12.4. The van der Waals surface area contributed by atoms with Gasteiger partial charge in [0.15, 0.2) is 0 Å². The Morgan fingerprint density at radius 1 is 1.23 bits per heavy atom. The van der Waals surface area contributed by atoms with Crippen molar-refractivity contribution in [3.8, 4) is 0 Å². The molecule has 0 aliphatic heterocycles. The van der Waals surface area contributed by atoms with Gasteiger partial charge in [0.25, 0.3) is 0 Å². The lowest BCUT2D eigenvalue weighted by molar-refractivity contribution is -0.121. The Labute approximate surface area is 128 Å². The molecule has 1 aliphatic rings. The number of hydrogen-bond donors (Lipinski definition) is 2. The van der Waals surface area contributed by atoms with Crippen LogP contribution in [0.25, 0.3) is 0 Å². The number of nitrogens with one attached hydrogen (secondary N) is 2. The molecule has 1 fully saturated rings. The normalized spacial score (nSPS) is 19.6. The minimum absolute atomic E-state index is 0.0803. The summed E-state index contributed by atoms with van der Waals surface area (Å²) >= 11 is 0. The number of rotatable bonds is 4. The molecule has 114 valence electrons. The van der Waals surface area contributed by atoms with Crippen molar-refractivity contribution in [3.05, 3.63) is 53.2 Å². The fourth-order valence-electron chi connectivity index (χ4n) is 2.56. The number of carbonyl (C=O) groups is 1. The van der Waals surface area contributed by atoms with Crippen LogP contribution in [0, 0.1) is 25.6 Å². The summed E-state index contributed by atoms with van der Waals surface area (Å²) in [5.41, 5.74) is 7.32. The van der Waals surface area contributed by atoms with Crippen molar-refractivity contribution >= 4 is 11.7 Å². The first kappa shape index (κ1) is 14.4. The predicted octanol–water partition coefficient (Wildman–Crippen LogP) is 2.48. The molecule has 1 saturated carbocycles. The van der Waals surface area contributed by atoms with Crippen molar-refractivity contribution in [2.75, 3.05) is 5.43 Å². The van der Waals surface area contributed by atoms with E-state index in [0.29, 0.717) is 11.6 Å². The van der Waals surface area contributed by atoms with E-state index in [2.05, 4.69) is 20.8 Å². The van der Waals surface area contributed by atoms with Crippen LogP contribution in [0.3, 0.4) is 0 Å². The van der Waals surface area contributed by atoms with Crippen molar-refractivity contribution in [2.45, 2.75) is 26.2 Å². The molecule has 2 N–H and O–H groups in total. The quantitative estimate of drug-likeness (QED) is 0.851. The molecule has 0 spiro atoms. The second-order valence-corrected chi connectivity index (χ2v) is 5.56. The highest BCUT2D eigenvalue weighted by Gasteiger charge is 2.43. The lowest BCUT2D eigenvalue weighted by atomic mass is 10.1. The zero-order chi connectivity index (χ0) is 15.7. The average Bonchev–Trinajstić information content (AvgIpc) is 3.25. The Balaban J connectivity index is 1.56. The standard InChI is InChI=1S/C16H17FN4O/c1-9-7-15(19-10(2)18-9)20-21-16(22)14-8-13(14)11-3-5-12(17)6-4-11/h3-7,13-14H,8H2,1-2H3,(H,21,22)(H,18,19,20)/t13-,14+/m0/s1. The molecule has 0 bridgehead atoms. The van der Waals surface area contributed by atoms with Gasteiger partial charge in [0.05, 0.1) is 0 Å². The molecule has 0 saturated heterocycles. The number of carbonyl (C=O) groups excluding carboxylic acids is 1. The summed E-state index contributed by atoms with van der Waals surface area (Å²) in [4.78, 5) is 20.5. The molecule has 1 aromatic carbocycles. The number of hydrogen-bond acceptors (Lipinski definition) is 4. The number of aromatic nitrogens is 2. The van der Waals surface area contributed by atoms with Gasteiger partial charge in [0.1, 0.15) is 17.5 Å². The number of aryl methyl sites for hydroxylation is 2. The summed E-state index contributed by atoms with van der Waals surface area (Å²) in [7, 11) is 0. The van der Waals surface area contributed by atoms with Crippen LogP contribution in [-0.2, 0) is 4.79 Å². The summed E-state index contributed by atoms with van der Waals surface area (Å²) in [6.45, 7) is 3.67. The maximum Gasteiger partial charge on any atom is 0.242 e. The van der Waals surface area contributed by atoms with Crippen LogP contribution >= 0.6 is 0 Å². The zero-order valence-electron chi connectivity index (χ0n) is 12.4. The summed E-state index contributed by atoms with van der Waals surface area (Å²) in [6.07, 6.45) is 0.779. The van der Waals surface area contributed by atoms with Gasteiger partial charge in [0.2, 0.25) is 5.91 Å². The SMILES string of the molecule is Cc1cc(NNC(=O)[C@@H]2C[C@H]2c2ccc(F)cc2)nc(C)n1. The molecule has 6 heteroatoms. The van der Waals surface area contributed by atoms with Crippen LogP contribution in [0.4, 0.5) is 10.2 Å². The Kier molecular flexibility index (Phi) is 3.75. The van der Waals surface area contributed by atoms with E-state index in [-0.39, 0.29) is 23.6 Å². The van der Waals surface area contributed by atoms with Crippen molar-refractivity contribution in [1.82, 2.24) is 15.4 Å². The molecule has 22 heavy (non-hydrogen) atoms. The topological polar surface area (TPSA) is 66.9 Å². The van der Waals surface area contributed by atoms with Crippen molar-refractivity contribution in [1.29, 1.82) is 0 Å². The number of hydrazine groups is 1. The average molecular weight is 300 g/mol. The monoisotopic (exact) mass is 300 g/mol. The van der Waals surface area contributed by atoms with E-state index >= 15 is 0 Å². The molecule has 1 heterocycles. The van der Waals surface area contributed by atoms with Crippen molar-refractivity contribution in [2.24, 2.45) is 5.92 Å². The van der Waals surface area contributed by atoms with Crippen LogP contribution in [0.2, 0.25) is 0 Å². The molecule has 1 aliphatic carbocycles. The maximum atomic E-state index is 12.9. The van der Waals surface area contributed by atoms with Crippen LogP contribution in [0.5, 0.6) is 0 Å². The molecule has 3 rings (SSSR count). The maximum absolute atomic E-state index is 12.9. The van der Waals surface area contributed by atoms with Crippen LogP contribution < -0.4 is 10.9 Å². The van der Waals surface area contributed by atoms with Crippen LogP contribution in [0.1, 0.15) is 29.4 Å². The van der Waals surface area contributed by atoms with Gasteiger partial charge in [-0.25, -0.2) is 14.4 Å². The van der Waals surface area contributed by atoms with Crippen molar-refractivity contribution < 1.29 is 9.18 Å². The van der Waals surface area contributed by atoms with Crippen LogP contribution in [-0.4, -0.2) is 15.9 Å². The van der Waals surface area contributed by atoms with Gasteiger partial charge < -0.3 is 0 Å².